The number of nitrogens with one attached hydrogen (secondary N) is 1. The molecule has 0 bridgehead atoms. The van der Waals surface area contributed by atoms with E-state index in [0.717, 1.165) is 31.3 Å². The Balaban J connectivity index is 2.02. The van der Waals surface area contributed by atoms with Gasteiger partial charge in [-0.25, -0.2) is 9.18 Å². The van der Waals surface area contributed by atoms with E-state index in [1.807, 2.05) is 0 Å². The maximum absolute atomic E-state index is 13.1. The molecule has 0 aliphatic carbocycles. The summed E-state index contributed by atoms with van der Waals surface area (Å²) in [6, 6.07) is 8.33. The summed E-state index contributed by atoms with van der Waals surface area (Å²) in [5.74, 6) is -1.69. The molecule has 7 nitrogen and oxygen atoms in total. The summed E-state index contributed by atoms with van der Waals surface area (Å²) < 4.78 is 52.9. The Labute approximate surface area is 159 Å². The van der Waals surface area contributed by atoms with Gasteiger partial charge >= 0.3 is 11.9 Å². The summed E-state index contributed by atoms with van der Waals surface area (Å²) in [4.78, 5) is 37.0. The first-order valence-electron chi connectivity index (χ1n) is 8.03. The molecule has 0 fully saturated rings. The lowest BCUT2D eigenvalue weighted by Gasteiger charge is -2.11. The van der Waals surface area contributed by atoms with E-state index in [1.165, 1.54) is 18.2 Å². The van der Waals surface area contributed by atoms with Crippen LogP contribution in [0.4, 0.5) is 23.2 Å². The zero-order chi connectivity index (χ0) is 21.3. The number of carbonyl (C=O) groups is 1. The molecule has 0 atom stereocenters. The SMILES string of the molecule is Cn1c(=O)c(C(=O)Nc2cccc(C(F)(F)F)c2)nn(-c2ccc(F)cc2)c1=O. The van der Waals surface area contributed by atoms with E-state index >= 15 is 0 Å². The molecule has 0 unspecified atom stereocenters. The second-order valence-corrected chi connectivity index (χ2v) is 5.92. The number of amides is 1. The molecule has 0 saturated carbocycles. The highest BCUT2D eigenvalue weighted by molar-refractivity contribution is 6.02. The second-order valence-electron chi connectivity index (χ2n) is 5.92. The van der Waals surface area contributed by atoms with Gasteiger partial charge in [0.2, 0.25) is 5.69 Å². The van der Waals surface area contributed by atoms with Crippen LogP contribution >= 0.6 is 0 Å². The fraction of sp³-hybridized carbons (Fsp3) is 0.111. The first-order chi connectivity index (χ1) is 13.6. The number of hydrogen-bond acceptors (Lipinski definition) is 4. The topological polar surface area (TPSA) is 86.0 Å². The zero-order valence-corrected chi connectivity index (χ0v) is 14.7. The largest absolute Gasteiger partial charge is 0.416 e. The number of halogens is 4. The second kappa shape index (κ2) is 7.34. The summed E-state index contributed by atoms with van der Waals surface area (Å²) in [6.07, 6.45) is -4.62. The van der Waals surface area contributed by atoms with Crippen LogP contribution in [0.15, 0.2) is 58.1 Å². The van der Waals surface area contributed by atoms with Crippen LogP contribution in [-0.2, 0) is 13.2 Å². The molecule has 1 aromatic heterocycles. The molecular weight excluding hydrogens is 396 g/mol. The molecule has 3 aromatic rings. The minimum Gasteiger partial charge on any atom is -0.320 e. The number of alkyl halides is 3. The van der Waals surface area contributed by atoms with Gasteiger partial charge in [-0.05, 0) is 42.5 Å². The van der Waals surface area contributed by atoms with Crippen LogP contribution in [0.1, 0.15) is 16.1 Å². The molecule has 3 rings (SSSR count). The lowest BCUT2D eigenvalue weighted by atomic mass is 10.2. The predicted molar refractivity (Wildman–Crippen MR) is 94.4 cm³/mol. The third-order valence-corrected chi connectivity index (χ3v) is 3.91. The van der Waals surface area contributed by atoms with E-state index < -0.39 is 40.4 Å². The molecule has 1 amide bonds. The molecule has 0 radical (unpaired) electrons. The van der Waals surface area contributed by atoms with Gasteiger partial charge in [0, 0.05) is 12.7 Å². The average Bonchev–Trinajstić information content (AvgIpc) is 2.67. The standard InChI is InChI=1S/C18H12F4N4O3/c1-25-16(28)14(24-26(17(25)29)13-7-5-11(19)6-8-13)15(27)23-12-4-2-3-10(9-12)18(20,21)22/h2-9H,1H3,(H,23,27). The molecule has 0 aliphatic rings. The van der Waals surface area contributed by atoms with E-state index in [9.17, 15) is 31.9 Å². The van der Waals surface area contributed by atoms with Gasteiger partial charge in [0.25, 0.3) is 11.5 Å². The number of aromatic nitrogens is 3. The van der Waals surface area contributed by atoms with Crippen LogP contribution in [0.5, 0.6) is 0 Å². The Kier molecular flexibility index (Phi) is 5.06. The molecule has 0 spiro atoms. The minimum atomic E-state index is -4.62. The Bertz CT molecular complexity index is 1200. The number of benzene rings is 2. The van der Waals surface area contributed by atoms with Crippen molar-refractivity contribution in [1.29, 1.82) is 0 Å². The highest BCUT2D eigenvalue weighted by atomic mass is 19.4. The van der Waals surface area contributed by atoms with Gasteiger partial charge in [0.15, 0.2) is 0 Å². The lowest BCUT2D eigenvalue weighted by molar-refractivity contribution is -0.137. The lowest BCUT2D eigenvalue weighted by Crippen LogP contribution is -2.43. The van der Waals surface area contributed by atoms with E-state index in [0.29, 0.717) is 15.3 Å². The smallest absolute Gasteiger partial charge is 0.320 e. The van der Waals surface area contributed by atoms with E-state index in [4.69, 9.17) is 0 Å². The van der Waals surface area contributed by atoms with Crippen LogP contribution in [0, 0.1) is 5.82 Å². The van der Waals surface area contributed by atoms with E-state index in [2.05, 4.69) is 10.4 Å². The summed E-state index contributed by atoms with van der Waals surface area (Å²) in [6.45, 7) is 0. The molecule has 2 aromatic carbocycles. The highest BCUT2D eigenvalue weighted by Crippen LogP contribution is 2.30. The van der Waals surface area contributed by atoms with Crippen LogP contribution in [0.2, 0.25) is 0 Å². The first kappa shape index (κ1) is 20.0. The Morgan fingerprint density at radius 3 is 2.34 bits per heavy atom. The quantitative estimate of drug-likeness (QED) is 0.675. The summed E-state index contributed by atoms with van der Waals surface area (Å²) in [5, 5.41) is 5.87. The van der Waals surface area contributed by atoms with E-state index in [1.54, 1.807) is 0 Å². The van der Waals surface area contributed by atoms with Crippen molar-refractivity contribution >= 4 is 11.6 Å². The molecule has 11 heteroatoms. The maximum atomic E-state index is 13.1. The predicted octanol–water partition coefficient (Wildman–Crippen LogP) is 2.34. The molecule has 150 valence electrons. The van der Waals surface area contributed by atoms with Crippen molar-refractivity contribution in [3.63, 3.8) is 0 Å². The highest BCUT2D eigenvalue weighted by Gasteiger charge is 2.30. The van der Waals surface area contributed by atoms with Gasteiger partial charge in [0.1, 0.15) is 5.82 Å². The summed E-state index contributed by atoms with van der Waals surface area (Å²) in [5.41, 5.74) is -3.79. The van der Waals surface area contributed by atoms with Crippen molar-refractivity contribution in [2.75, 3.05) is 5.32 Å². The average molecular weight is 408 g/mol. The zero-order valence-electron chi connectivity index (χ0n) is 14.7. The van der Waals surface area contributed by atoms with Crippen molar-refractivity contribution in [3.8, 4) is 5.69 Å². The summed E-state index contributed by atoms with van der Waals surface area (Å²) >= 11 is 0. The van der Waals surface area contributed by atoms with Gasteiger partial charge in [-0.1, -0.05) is 6.07 Å². The van der Waals surface area contributed by atoms with Gasteiger partial charge in [-0.3, -0.25) is 14.2 Å². The van der Waals surface area contributed by atoms with E-state index in [-0.39, 0.29) is 11.4 Å². The van der Waals surface area contributed by atoms with Crippen LogP contribution in [0.25, 0.3) is 5.69 Å². The monoisotopic (exact) mass is 408 g/mol. The normalized spacial score (nSPS) is 11.3. The van der Waals surface area contributed by atoms with Gasteiger partial charge in [-0.2, -0.15) is 23.0 Å². The number of rotatable bonds is 3. The molecule has 1 heterocycles. The molecule has 29 heavy (non-hydrogen) atoms. The Morgan fingerprint density at radius 2 is 1.72 bits per heavy atom. The van der Waals surface area contributed by atoms with Crippen molar-refractivity contribution in [3.05, 3.63) is 86.4 Å². The minimum absolute atomic E-state index is 0.0834. The number of hydrogen-bond donors (Lipinski definition) is 1. The fourth-order valence-corrected chi connectivity index (χ4v) is 2.43. The molecule has 1 N–H and O–H groups in total. The van der Waals surface area contributed by atoms with Crippen molar-refractivity contribution < 1.29 is 22.4 Å². The Morgan fingerprint density at radius 1 is 1.07 bits per heavy atom. The third kappa shape index (κ3) is 4.08. The van der Waals surface area contributed by atoms with Crippen molar-refractivity contribution in [2.24, 2.45) is 7.05 Å². The Hall–Kier alpha value is -3.76. The molecular formula is C18H12F4N4O3. The number of carbonyl (C=O) groups excluding carboxylic acids is 1. The van der Waals surface area contributed by atoms with Gasteiger partial charge in [-0.15, -0.1) is 0 Å². The maximum Gasteiger partial charge on any atom is 0.416 e. The molecule has 0 aliphatic heterocycles. The van der Waals surface area contributed by atoms with Crippen molar-refractivity contribution in [2.45, 2.75) is 6.18 Å². The van der Waals surface area contributed by atoms with Crippen molar-refractivity contribution in [1.82, 2.24) is 14.3 Å². The fourth-order valence-electron chi connectivity index (χ4n) is 2.43. The van der Waals surface area contributed by atoms with Gasteiger partial charge < -0.3 is 5.32 Å². The first-order valence-corrected chi connectivity index (χ1v) is 8.03. The third-order valence-electron chi connectivity index (χ3n) is 3.91. The van der Waals surface area contributed by atoms with Gasteiger partial charge in [0.05, 0.1) is 11.3 Å². The van der Waals surface area contributed by atoms with Crippen LogP contribution in [0.3, 0.4) is 0 Å². The summed E-state index contributed by atoms with van der Waals surface area (Å²) in [7, 11) is 1.10. The van der Waals surface area contributed by atoms with Crippen LogP contribution < -0.4 is 16.6 Å². The van der Waals surface area contributed by atoms with Crippen LogP contribution in [-0.4, -0.2) is 20.3 Å². The molecule has 0 saturated heterocycles. The number of anilines is 1. The number of nitrogens with zero attached hydrogens (tertiary/aromatic N) is 3.